The van der Waals surface area contributed by atoms with Crippen molar-refractivity contribution in [3.63, 3.8) is 0 Å². The van der Waals surface area contributed by atoms with Gasteiger partial charge in [-0.2, -0.15) is 0 Å². The maximum atomic E-state index is 6.18. The Labute approximate surface area is 177 Å². The Bertz CT molecular complexity index is 586. The third-order valence-corrected chi connectivity index (χ3v) is 4.78. The summed E-state index contributed by atoms with van der Waals surface area (Å²) in [6.07, 6.45) is 5.58. The summed E-state index contributed by atoms with van der Waals surface area (Å²) in [5, 5.41) is 4.24. The normalized spacial score (nSPS) is 13.0. The van der Waals surface area contributed by atoms with E-state index in [4.69, 9.17) is 23.1 Å². The molecule has 1 aromatic rings. The van der Waals surface area contributed by atoms with Crippen LogP contribution in [0.5, 0.6) is 0 Å². The number of nitrogens with one attached hydrogen (secondary N) is 1. The molecule has 5 nitrogen and oxygen atoms in total. The Morgan fingerprint density at radius 2 is 1.79 bits per heavy atom. The molecule has 0 aromatic heterocycles. The van der Waals surface area contributed by atoms with E-state index in [1.807, 2.05) is 18.2 Å². The van der Waals surface area contributed by atoms with Crippen LogP contribution in [0.3, 0.4) is 0 Å². The lowest BCUT2D eigenvalue weighted by Crippen LogP contribution is -2.32. The van der Waals surface area contributed by atoms with Gasteiger partial charge in [0.2, 0.25) is 0 Å². The summed E-state index contributed by atoms with van der Waals surface area (Å²) in [7, 11) is 1.50. The van der Waals surface area contributed by atoms with E-state index in [0.717, 1.165) is 61.0 Å². The van der Waals surface area contributed by atoms with Crippen LogP contribution in [0.4, 0.5) is 5.69 Å². The van der Waals surface area contributed by atoms with E-state index in [2.05, 4.69) is 42.4 Å². The highest BCUT2D eigenvalue weighted by atomic mass is 35.5. The fraction of sp³-hybridized carbons (Fsp3) is 0.545. The molecule has 2 rings (SSSR count). The zero-order valence-electron chi connectivity index (χ0n) is 17.9. The Morgan fingerprint density at radius 1 is 1.14 bits per heavy atom. The first-order valence-corrected chi connectivity index (χ1v) is 10.6. The van der Waals surface area contributed by atoms with E-state index < -0.39 is 0 Å². The van der Waals surface area contributed by atoms with Crippen molar-refractivity contribution >= 4 is 17.3 Å². The number of allylic oxidation sites excluding steroid dienone is 2. The lowest BCUT2D eigenvalue weighted by atomic mass is 9.95. The van der Waals surface area contributed by atoms with Crippen LogP contribution in [-0.4, -0.2) is 33.2 Å². The first kappa shape index (κ1) is 26.3. The lowest BCUT2D eigenvalue weighted by Gasteiger charge is -2.24. The molecule has 6 heteroatoms. The predicted molar refractivity (Wildman–Crippen MR) is 126 cm³/mol. The van der Waals surface area contributed by atoms with Crippen molar-refractivity contribution in [2.45, 2.75) is 46.0 Å². The van der Waals surface area contributed by atoms with E-state index in [9.17, 15) is 0 Å². The molecular weight excluding hydrogens is 370 g/mol. The summed E-state index contributed by atoms with van der Waals surface area (Å²) in [5.74, 6) is 0. The second-order valence-electron chi connectivity index (χ2n) is 6.52. The molecule has 0 bridgehead atoms. The highest BCUT2D eigenvalue weighted by Gasteiger charge is 2.10. The van der Waals surface area contributed by atoms with Crippen molar-refractivity contribution < 1.29 is 0 Å². The van der Waals surface area contributed by atoms with E-state index in [1.54, 1.807) is 0 Å². The van der Waals surface area contributed by atoms with E-state index in [1.165, 1.54) is 26.3 Å². The molecule has 0 heterocycles. The van der Waals surface area contributed by atoms with Crippen molar-refractivity contribution in [3.8, 4) is 0 Å². The van der Waals surface area contributed by atoms with Gasteiger partial charge in [0, 0.05) is 31.0 Å². The van der Waals surface area contributed by atoms with Crippen LogP contribution in [0.25, 0.3) is 0 Å². The molecule has 0 amide bonds. The van der Waals surface area contributed by atoms with Crippen molar-refractivity contribution in [1.29, 1.82) is 0 Å². The monoisotopic (exact) mass is 409 g/mol. The minimum Gasteiger partial charge on any atom is -0.402 e. The van der Waals surface area contributed by atoms with Gasteiger partial charge in [-0.15, -0.1) is 0 Å². The van der Waals surface area contributed by atoms with Gasteiger partial charge in [-0.3, -0.25) is 0 Å². The SMILES string of the molecule is C=C(N)C1=C(N)CCCC1.CCCNCCN(CC)c1ccccc1Cl.CN. The molecule has 0 saturated heterocycles. The molecule has 0 atom stereocenters. The molecule has 0 spiro atoms. The molecule has 0 aliphatic heterocycles. The number of hydrogen-bond donors (Lipinski definition) is 4. The van der Waals surface area contributed by atoms with Gasteiger partial charge in [-0.05, 0) is 70.3 Å². The number of rotatable bonds is 8. The van der Waals surface area contributed by atoms with Gasteiger partial charge in [-0.1, -0.05) is 37.2 Å². The van der Waals surface area contributed by atoms with Crippen LogP contribution in [-0.2, 0) is 0 Å². The topological polar surface area (TPSA) is 93.3 Å². The number of halogens is 1. The smallest absolute Gasteiger partial charge is 0.0639 e. The predicted octanol–water partition coefficient (Wildman–Crippen LogP) is 3.99. The number of para-hydroxylation sites is 1. The molecule has 1 aromatic carbocycles. The minimum atomic E-state index is 0.650. The first-order chi connectivity index (χ1) is 13.5. The lowest BCUT2D eigenvalue weighted by molar-refractivity contribution is 0.655. The summed E-state index contributed by atoms with van der Waals surface area (Å²) < 4.78 is 0. The molecule has 0 unspecified atom stereocenters. The summed E-state index contributed by atoms with van der Waals surface area (Å²) >= 11 is 6.18. The second kappa shape index (κ2) is 16.3. The molecule has 7 N–H and O–H groups in total. The molecule has 1 aliphatic rings. The van der Waals surface area contributed by atoms with Gasteiger partial charge < -0.3 is 27.4 Å². The minimum absolute atomic E-state index is 0.650. The average molecular weight is 410 g/mol. The van der Waals surface area contributed by atoms with Gasteiger partial charge in [0.1, 0.15) is 0 Å². The maximum absolute atomic E-state index is 6.18. The average Bonchev–Trinajstić information content (AvgIpc) is 2.71. The standard InChI is InChI=1S/C13H21ClN2.C8H14N2.CH5N/c1-3-9-15-10-11-16(4-2)13-8-6-5-7-12(13)14;1-6(9)7-4-2-3-5-8(7)10;1-2/h5-8,15H,3-4,9-11H2,1-2H3;1-5,9-10H2;2H2,1H3. The molecule has 160 valence electrons. The Kier molecular flexibility index (Phi) is 15.3. The molecule has 28 heavy (non-hydrogen) atoms. The van der Waals surface area contributed by atoms with Gasteiger partial charge in [0.15, 0.2) is 0 Å². The van der Waals surface area contributed by atoms with Gasteiger partial charge in [-0.25, -0.2) is 0 Å². The number of nitrogens with two attached hydrogens (primary N) is 3. The number of anilines is 1. The number of likely N-dealkylation sites (N-methyl/N-ethyl adjacent to an activating group) is 1. The van der Waals surface area contributed by atoms with E-state index >= 15 is 0 Å². The molecule has 0 saturated carbocycles. The van der Waals surface area contributed by atoms with E-state index in [-0.39, 0.29) is 0 Å². The zero-order chi connectivity index (χ0) is 21.4. The fourth-order valence-electron chi connectivity index (χ4n) is 2.97. The summed E-state index contributed by atoms with van der Waals surface area (Å²) in [5.41, 5.74) is 19.6. The zero-order valence-corrected chi connectivity index (χ0v) is 18.7. The molecule has 0 radical (unpaired) electrons. The largest absolute Gasteiger partial charge is 0.402 e. The summed E-state index contributed by atoms with van der Waals surface area (Å²) in [6, 6.07) is 8.02. The van der Waals surface area contributed by atoms with Crippen LogP contribution >= 0.6 is 11.6 Å². The van der Waals surface area contributed by atoms with Crippen molar-refractivity contribution in [2.24, 2.45) is 17.2 Å². The molecule has 1 aliphatic carbocycles. The Balaban J connectivity index is 0.000000520. The Hall–Kier alpha value is -1.69. The third kappa shape index (κ3) is 10.0. The summed E-state index contributed by atoms with van der Waals surface area (Å²) in [6.45, 7) is 12.1. The van der Waals surface area contributed by atoms with Crippen molar-refractivity contribution in [1.82, 2.24) is 5.32 Å². The third-order valence-electron chi connectivity index (χ3n) is 4.46. The fourth-order valence-corrected chi connectivity index (χ4v) is 3.22. The van der Waals surface area contributed by atoms with Gasteiger partial charge in [0.05, 0.1) is 10.7 Å². The van der Waals surface area contributed by atoms with Crippen LogP contribution in [0, 0.1) is 0 Å². The second-order valence-corrected chi connectivity index (χ2v) is 6.92. The van der Waals surface area contributed by atoms with Crippen LogP contribution in [0.2, 0.25) is 5.02 Å². The Morgan fingerprint density at radius 3 is 2.29 bits per heavy atom. The summed E-state index contributed by atoms with van der Waals surface area (Å²) in [4.78, 5) is 2.30. The highest BCUT2D eigenvalue weighted by molar-refractivity contribution is 6.33. The quantitative estimate of drug-likeness (QED) is 0.487. The van der Waals surface area contributed by atoms with Gasteiger partial charge in [0.25, 0.3) is 0 Å². The maximum Gasteiger partial charge on any atom is 0.0639 e. The van der Waals surface area contributed by atoms with Crippen LogP contribution in [0.15, 0.2) is 47.8 Å². The van der Waals surface area contributed by atoms with Crippen molar-refractivity contribution in [2.75, 3.05) is 38.1 Å². The van der Waals surface area contributed by atoms with E-state index in [0.29, 0.717) is 5.70 Å². The van der Waals surface area contributed by atoms with Crippen LogP contribution < -0.4 is 27.4 Å². The van der Waals surface area contributed by atoms with Crippen LogP contribution in [0.1, 0.15) is 46.0 Å². The first-order valence-electron chi connectivity index (χ1n) is 10.2. The molecule has 0 fully saturated rings. The number of benzene rings is 1. The highest BCUT2D eigenvalue weighted by Crippen LogP contribution is 2.25. The number of hydrogen-bond acceptors (Lipinski definition) is 5. The molecular formula is C22H40ClN5. The van der Waals surface area contributed by atoms with Gasteiger partial charge >= 0.3 is 0 Å². The number of nitrogens with zero attached hydrogens (tertiary/aromatic N) is 1. The van der Waals surface area contributed by atoms with Crippen molar-refractivity contribution in [3.05, 3.63) is 52.8 Å².